The van der Waals surface area contributed by atoms with Crippen molar-refractivity contribution in [3.8, 4) is 0 Å². The third-order valence-corrected chi connectivity index (χ3v) is 3.85. The maximum Gasteiger partial charge on any atom is 0.339 e. The highest BCUT2D eigenvalue weighted by molar-refractivity contribution is 5.94. The molecule has 1 aromatic carbocycles. The van der Waals surface area contributed by atoms with E-state index in [1.165, 1.54) is 11.1 Å². The van der Waals surface area contributed by atoms with E-state index in [0.717, 1.165) is 30.8 Å². The molecule has 1 aliphatic heterocycles. The lowest BCUT2D eigenvalue weighted by Gasteiger charge is -2.31. The number of carbonyl (C=O) groups is 1. The Kier molecular flexibility index (Phi) is 3.37. The van der Waals surface area contributed by atoms with Crippen LogP contribution >= 0.6 is 0 Å². The van der Waals surface area contributed by atoms with Crippen LogP contribution in [0, 0.1) is 13.8 Å². The van der Waals surface area contributed by atoms with Crippen molar-refractivity contribution in [3.05, 3.63) is 52.7 Å². The van der Waals surface area contributed by atoms with Gasteiger partial charge in [0.25, 0.3) is 0 Å². The Hall–Kier alpha value is -2.36. The van der Waals surface area contributed by atoms with E-state index in [4.69, 9.17) is 0 Å². The average Bonchev–Trinajstić information content (AvgIpc) is 2.45. The van der Waals surface area contributed by atoms with Crippen molar-refractivity contribution in [1.29, 1.82) is 0 Å². The molecule has 108 valence electrons. The third-order valence-electron chi connectivity index (χ3n) is 3.85. The molecule has 0 bridgehead atoms. The molecule has 0 radical (unpaired) electrons. The summed E-state index contributed by atoms with van der Waals surface area (Å²) in [7, 11) is 0. The minimum Gasteiger partial charge on any atom is -0.478 e. The van der Waals surface area contributed by atoms with Crippen LogP contribution in [0.2, 0.25) is 0 Å². The van der Waals surface area contributed by atoms with Crippen LogP contribution in [0.1, 0.15) is 33.6 Å². The van der Waals surface area contributed by atoms with Crippen molar-refractivity contribution >= 4 is 17.5 Å². The number of rotatable bonds is 2. The predicted molar refractivity (Wildman–Crippen MR) is 82.4 cm³/mol. The summed E-state index contributed by atoms with van der Waals surface area (Å²) in [5, 5.41) is 9.41. The highest BCUT2D eigenvalue weighted by Crippen LogP contribution is 2.34. The second kappa shape index (κ2) is 5.20. The first kappa shape index (κ1) is 13.6. The molecular weight excluding hydrogens is 264 g/mol. The van der Waals surface area contributed by atoms with Crippen LogP contribution in [0.15, 0.2) is 30.3 Å². The molecule has 1 N–H and O–H groups in total. The molecular formula is C17H18N2O2. The van der Waals surface area contributed by atoms with E-state index in [1.54, 1.807) is 12.1 Å². The Morgan fingerprint density at radius 2 is 2.05 bits per heavy atom. The maximum absolute atomic E-state index is 11.5. The molecule has 2 aromatic rings. The van der Waals surface area contributed by atoms with E-state index in [0.29, 0.717) is 5.82 Å². The van der Waals surface area contributed by atoms with Gasteiger partial charge in [0.05, 0.1) is 0 Å². The Bertz CT molecular complexity index is 710. The molecule has 4 nitrogen and oxygen atoms in total. The molecule has 3 rings (SSSR count). The number of hydrogen-bond acceptors (Lipinski definition) is 3. The quantitative estimate of drug-likeness (QED) is 0.916. The van der Waals surface area contributed by atoms with E-state index in [9.17, 15) is 9.90 Å². The van der Waals surface area contributed by atoms with Crippen molar-refractivity contribution < 1.29 is 9.90 Å². The van der Waals surface area contributed by atoms with Gasteiger partial charge in [-0.1, -0.05) is 17.7 Å². The summed E-state index contributed by atoms with van der Waals surface area (Å²) in [6, 6.07) is 9.69. The number of pyridine rings is 1. The molecule has 0 atom stereocenters. The predicted octanol–water partition coefficient (Wildman–Crippen LogP) is 3.48. The summed E-state index contributed by atoms with van der Waals surface area (Å²) in [4.78, 5) is 18.0. The zero-order chi connectivity index (χ0) is 15.0. The normalized spacial score (nSPS) is 13.9. The topological polar surface area (TPSA) is 53.4 Å². The first-order chi connectivity index (χ1) is 10.1. The van der Waals surface area contributed by atoms with E-state index in [1.807, 2.05) is 11.8 Å². The van der Waals surface area contributed by atoms with Gasteiger partial charge in [0.2, 0.25) is 0 Å². The lowest BCUT2D eigenvalue weighted by atomic mass is 9.99. The fraction of sp³-hybridized carbons (Fsp3) is 0.294. The number of aromatic carboxylic acids is 1. The summed E-state index contributed by atoms with van der Waals surface area (Å²) in [5.41, 5.74) is 4.66. The van der Waals surface area contributed by atoms with Gasteiger partial charge in [-0.05, 0) is 50.5 Å². The second-order valence-corrected chi connectivity index (χ2v) is 5.52. The lowest BCUT2D eigenvalue weighted by molar-refractivity contribution is 0.0697. The van der Waals surface area contributed by atoms with Gasteiger partial charge in [-0.15, -0.1) is 0 Å². The van der Waals surface area contributed by atoms with Crippen molar-refractivity contribution in [2.24, 2.45) is 0 Å². The fourth-order valence-corrected chi connectivity index (χ4v) is 2.86. The average molecular weight is 282 g/mol. The monoisotopic (exact) mass is 282 g/mol. The molecule has 1 aliphatic rings. The maximum atomic E-state index is 11.5. The molecule has 1 aromatic heterocycles. The molecule has 0 spiro atoms. The van der Waals surface area contributed by atoms with Crippen LogP contribution in [0.4, 0.5) is 11.5 Å². The fourth-order valence-electron chi connectivity index (χ4n) is 2.86. The molecule has 0 saturated carbocycles. The zero-order valence-electron chi connectivity index (χ0n) is 12.3. The van der Waals surface area contributed by atoms with Gasteiger partial charge in [0.1, 0.15) is 11.4 Å². The van der Waals surface area contributed by atoms with Gasteiger partial charge in [0, 0.05) is 17.9 Å². The van der Waals surface area contributed by atoms with Gasteiger partial charge < -0.3 is 10.0 Å². The van der Waals surface area contributed by atoms with Crippen molar-refractivity contribution in [1.82, 2.24) is 4.98 Å². The van der Waals surface area contributed by atoms with Gasteiger partial charge in [-0.2, -0.15) is 0 Å². The number of carboxylic acids is 1. The number of carboxylic acid groups (broad SMARTS) is 1. The smallest absolute Gasteiger partial charge is 0.339 e. The van der Waals surface area contributed by atoms with Gasteiger partial charge in [0.15, 0.2) is 0 Å². The number of aryl methyl sites for hydroxylation is 3. The molecule has 0 fully saturated rings. The van der Waals surface area contributed by atoms with Crippen LogP contribution in [0.25, 0.3) is 0 Å². The SMILES string of the molecule is Cc1ccc2c(c1)CCCN2c1nc(C)ccc1C(=O)O. The summed E-state index contributed by atoms with van der Waals surface area (Å²) >= 11 is 0. The van der Waals surface area contributed by atoms with Crippen LogP contribution in [-0.4, -0.2) is 22.6 Å². The van der Waals surface area contributed by atoms with E-state index < -0.39 is 5.97 Å². The minimum absolute atomic E-state index is 0.258. The summed E-state index contributed by atoms with van der Waals surface area (Å²) in [5.74, 6) is -0.385. The number of fused-ring (bicyclic) bond motifs is 1. The number of anilines is 2. The first-order valence-corrected chi connectivity index (χ1v) is 7.14. The van der Waals surface area contributed by atoms with Gasteiger partial charge >= 0.3 is 5.97 Å². The number of aromatic nitrogens is 1. The van der Waals surface area contributed by atoms with E-state index in [2.05, 4.69) is 30.1 Å². The van der Waals surface area contributed by atoms with Gasteiger partial charge in [-0.3, -0.25) is 0 Å². The summed E-state index contributed by atoms with van der Waals surface area (Å²) in [6.45, 7) is 4.76. The van der Waals surface area contributed by atoms with Crippen molar-refractivity contribution in [2.75, 3.05) is 11.4 Å². The Labute approximate surface area is 124 Å². The highest BCUT2D eigenvalue weighted by Gasteiger charge is 2.24. The number of nitrogens with zero attached hydrogens (tertiary/aromatic N) is 2. The van der Waals surface area contributed by atoms with Crippen LogP contribution < -0.4 is 4.90 Å². The molecule has 2 heterocycles. The second-order valence-electron chi connectivity index (χ2n) is 5.52. The van der Waals surface area contributed by atoms with Crippen molar-refractivity contribution in [3.63, 3.8) is 0 Å². The molecule has 4 heteroatoms. The van der Waals surface area contributed by atoms with Crippen LogP contribution in [0.5, 0.6) is 0 Å². The van der Waals surface area contributed by atoms with Gasteiger partial charge in [-0.25, -0.2) is 9.78 Å². The largest absolute Gasteiger partial charge is 0.478 e. The molecule has 0 unspecified atom stereocenters. The zero-order valence-corrected chi connectivity index (χ0v) is 12.3. The molecule has 0 saturated heterocycles. The minimum atomic E-state index is -0.934. The molecule has 0 aliphatic carbocycles. The molecule has 0 amide bonds. The van der Waals surface area contributed by atoms with Crippen LogP contribution in [-0.2, 0) is 6.42 Å². The van der Waals surface area contributed by atoms with E-state index in [-0.39, 0.29) is 5.56 Å². The first-order valence-electron chi connectivity index (χ1n) is 7.14. The highest BCUT2D eigenvalue weighted by atomic mass is 16.4. The third kappa shape index (κ3) is 2.49. The Balaban J connectivity index is 2.15. The molecule has 21 heavy (non-hydrogen) atoms. The summed E-state index contributed by atoms with van der Waals surface area (Å²) in [6.07, 6.45) is 2.03. The number of hydrogen-bond donors (Lipinski definition) is 1. The van der Waals surface area contributed by atoms with E-state index >= 15 is 0 Å². The standard InChI is InChI=1S/C17H18N2O2/c1-11-5-8-15-13(10-11)4-3-9-19(15)16-14(17(20)21)7-6-12(2)18-16/h5-8,10H,3-4,9H2,1-2H3,(H,20,21). The number of benzene rings is 1. The van der Waals surface area contributed by atoms with Crippen molar-refractivity contribution in [2.45, 2.75) is 26.7 Å². The Morgan fingerprint density at radius 3 is 2.81 bits per heavy atom. The summed E-state index contributed by atoms with van der Waals surface area (Å²) < 4.78 is 0. The lowest BCUT2D eigenvalue weighted by Crippen LogP contribution is -2.27. The van der Waals surface area contributed by atoms with Crippen LogP contribution in [0.3, 0.4) is 0 Å². The Morgan fingerprint density at radius 1 is 1.24 bits per heavy atom.